The Morgan fingerprint density at radius 1 is 1.08 bits per heavy atom. The Morgan fingerprint density at radius 3 is 2.43 bits per heavy atom. The molecule has 1 aromatic carbocycles. The summed E-state index contributed by atoms with van der Waals surface area (Å²) in [7, 11) is 1.30. The number of nitrogens with zero attached hydrogens (tertiary/aromatic N) is 3. The first-order chi connectivity index (χ1) is 17.6. The number of nitrogens with one attached hydrogen (secondary N) is 1. The van der Waals surface area contributed by atoms with Crippen molar-refractivity contribution in [2.24, 2.45) is 0 Å². The van der Waals surface area contributed by atoms with Crippen LogP contribution in [0.5, 0.6) is 5.88 Å². The summed E-state index contributed by atoms with van der Waals surface area (Å²) in [6.07, 6.45) is 1.43. The molecule has 2 aromatic heterocycles. The topological polar surface area (TPSA) is 93.7 Å². The van der Waals surface area contributed by atoms with Crippen LogP contribution in [-0.4, -0.2) is 48.7 Å². The average Bonchev–Trinajstić information content (AvgIpc) is 2.85. The molecular weight excluding hydrogens is 482 g/mol. The number of hydrogen-bond donors (Lipinski definition) is 1. The van der Waals surface area contributed by atoms with E-state index in [0.717, 1.165) is 11.1 Å². The summed E-state index contributed by atoms with van der Waals surface area (Å²) < 4.78 is 35.3. The fourth-order valence-corrected chi connectivity index (χ4v) is 4.50. The molecule has 0 radical (unpaired) electrons. The number of aryl methyl sites for hydroxylation is 1. The van der Waals surface area contributed by atoms with E-state index in [0.29, 0.717) is 17.1 Å². The van der Waals surface area contributed by atoms with Crippen LogP contribution in [0, 0.1) is 6.92 Å². The first kappa shape index (κ1) is 26.0. The van der Waals surface area contributed by atoms with Crippen LogP contribution in [0.4, 0.5) is 20.3 Å². The lowest BCUT2D eigenvalue weighted by Crippen LogP contribution is -2.65. The highest BCUT2D eigenvalue weighted by molar-refractivity contribution is 6.02. The smallest absolute Gasteiger partial charge is 0.388 e. The van der Waals surface area contributed by atoms with Crippen molar-refractivity contribution in [3.05, 3.63) is 77.1 Å². The molecule has 1 fully saturated rings. The van der Waals surface area contributed by atoms with Crippen LogP contribution in [0.15, 0.2) is 54.7 Å². The number of alkyl halides is 2. The Kier molecular flexibility index (Phi) is 7.37. The van der Waals surface area contributed by atoms with Gasteiger partial charge in [0.1, 0.15) is 16.9 Å². The third-order valence-corrected chi connectivity index (χ3v) is 6.40. The molecule has 194 valence electrons. The maximum Gasteiger partial charge on any atom is 0.388 e. The van der Waals surface area contributed by atoms with E-state index in [4.69, 9.17) is 4.74 Å². The van der Waals surface area contributed by atoms with Crippen LogP contribution in [0.25, 0.3) is 0 Å². The summed E-state index contributed by atoms with van der Waals surface area (Å²) in [5.41, 5.74) is 1.73. The van der Waals surface area contributed by atoms with Crippen molar-refractivity contribution in [1.82, 2.24) is 9.97 Å². The van der Waals surface area contributed by atoms with Crippen molar-refractivity contribution >= 4 is 23.4 Å². The second-order valence-electron chi connectivity index (χ2n) is 9.21. The van der Waals surface area contributed by atoms with Crippen LogP contribution in [-0.2, 0) is 14.9 Å². The third-order valence-electron chi connectivity index (χ3n) is 6.40. The van der Waals surface area contributed by atoms with Crippen LogP contribution in [0.3, 0.4) is 0 Å². The molecule has 0 unspecified atom stereocenters. The summed E-state index contributed by atoms with van der Waals surface area (Å²) >= 11 is 0. The van der Waals surface area contributed by atoms with Gasteiger partial charge in [-0.25, -0.2) is 14.8 Å². The van der Waals surface area contributed by atoms with Crippen molar-refractivity contribution < 1.29 is 27.8 Å². The number of benzene rings is 1. The summed E-state index contributed by atoms with van der Waals surface area (Å²) in [4.78, 5) is 36.0. The monoisotopic (exact) mass is 510 g/mol. The number of esters is 1. The normalized spacial score (nSPS) is 14.3. The molecular formula is C27H28F2N4O4. The van der Waals surface area contributed by atoms with E-state index in [1.54, 1.807) is 25.1 Å². The van der Waals surface area contributed by atoms with E-state index in [9.17, 15) is 18.4 Å². The molecule has 10 heteroatoms. The van der Waals surface area contributed by atoms with Gasteiger partial charge < -0.3 is 19.7 Å². The summed E-state index contributed by atoms with van der Waals surface area (Å²) in [6.45, 7) is 3.24. The minimum Gasteiger partial charge on any atom is -0.465 e. The van der Waals surface area contributed by atoms with Gasteiger partial charge in [-0.2, -0.15) is 8.78 Å². The highest BCUT2D eigenvalue weighted by atomic mass is 19.3. The molecule has 0 spiro atoms. The van der Waals surface area contributed by atoms with Gasteiger partial charge in [-0.3, -0.25) is 4.79 Å². The van der Waals surface area contributed by atoms with Crippen molar-refractivity contribution in [2.45, 2.75) is 38.7 Å². The standard InChI is InChI=1S/C27H28F2N4O4/c1-16(2)19-7-5-6-8-20(19)27(14-33(15-27)22-12-10-18(13-30-22)24(34)36-4)25(35)32-21-11-9-17(3)31-23(21)37-26(28)29/h5-13,16,26H,14-15H2,1-4H3,(H,32,35). The summed E-state index contributed by atoms with van der Waals surface area (Å²) in [6, 6.07) is 14.1. The van der Waals surface area contributed by atoms with Crippen molar-refractivity contribution in [3.8, 4) is 5.88 Å². The summed E-state index contributed by atoms with van der Waals surface area (Å²) in [5, 5.41) is 2.79. The number of rotatable bonds is 8. The van der Waals surface area contributed by atoms with E-state index in [1.165, 1.54) is 19.4 Å². The Morgan fingerprint density at radius 2 is 1.81 bits per heavy atom. The Labute approximate surface area is 213 Å². The van der Waals surface area contributed by atoms with Gasteiger partial charge in [-0.05, 0) is 48.2 Å². The van der Waals surface area contributed by atoms with Crippen molar-refractivity contribution in [2.75, 3.05) is 30.4 Å². The molecule has 1 aliphatic heterocycles. The minimum absolute atomic E-state index is 0.0660. The molecule has 4 rings (SSSR count). The van der Waals surface area contributed by atoms with Gasteiger partial charge in [-0.15, -0.1) is 0 Å². The lowest BCUT2D eigenvalue weighted by atomic mass is 9.69. The number of ether oxygens (including phenoxy) is 2. The highest BCUT2D eigenvalue weighted by Gasteiger charge is 2.52. The SMILES string of the molecule is COC(=O)c1ccc(N2CC(C(=O)Nc3ccc(C)nc3OC(F)F)(c3ccccc3C(C)C)C2)nc1. The van der Waals surface area contributed by atoms with Crippen LogP contribution >= 0.6 is 0 Å². The maximum atomic E-state index is 13.9. The van der Waals surface area contributed by atoms with Crippen LogP contribution in [0.2, 0.25) is 0 Å². The largest absolute Gasteiger partial charge is 0.465 e. The number of carbonyl (C=O) groups is 2. The second-order valence-corrected chi connectivity index (χ2v) is 9.21. The van der Waals surface area contributed by atoms with Gasteiger partial charge >= 0.3 is 12.6 Å². The predicted molar refractivity (Wildman–Crippen MR) is 134 cm³/mol. The number of halogens is 2. The van der Waals surface area contributed by atoms with Crippen molar-refractivity contribution in [1.29, 1.82) is 0 Å². The quantitative estimate of drug-likeness (QED) is 0.440. The Hall–Kier alpha value is -4.08. The zero-order chi connectivity index (χ0) is 26.7. The van der Waals surface area contributed by atoms with E-state index < -0.39 is 18.0 Å². The second kappa shape index (κ2) is 10.5. The van der Waals surface area contributed by atoms with Crippen molar-refractivity contribution in [3.63, 3.8) is 0 Å². The molecule has 3 aromatic rings. The van der Waals surface area contributed by atoms with Gasteiger partial charge in [0.25, 0.3) is 0 Å². The fraction of sp³-hybridized carbons (Fsp3) is 0.333. The molecule has 1 N–H and O–H groups in total. The zero-order valence-corrected chi connectivity index (χ0v) is 21.0. The maximum absolute atomic E-state index is 13.9. The summed E-state index contributed by atoms with van der Waals surface area (Å²) in [5.74, 6) is -0.460. The molecule has 0 aliphatic carbocycles. The molecule has 1 saturated heterocycles. The molecule has 0 saturated carbocycles. The molecule has 0 bridgehead atoms. The number of methoxy groups -OCH3 is 1. The van der Waals surface area contributed by atoms with Gasteiger partial charge in [0.15, 0.2) is 0 Å². The van der Waals surface area contributed by atoms with E-state index in [1.807, 2.05) is 43.0 Å². The zero-order valence-electron chi connectivity index (χ0n) is 21.0. The van der Waals surface area contributed by atoms with Crippen LogP contribution in [0.1, 0.15) is 46.9 Å². The van der Waals surface area contributed by atoms with Gasteiger partial charge in [-0.1, -0.05) is 38.1 Å². The number of anilines is 2. The lowest BCUT2D eigenvalue weighted by Gasteiger charge is -2.50. The first-order valence-electron chi connectivity index (χ1n) is 11.8. The highest BCUT2D eigenvalue weighted by Crippen LogP contribution is 2.42. The van der Waals surface area contributed by atoms with E-state index in [2.05, 4.69) is 20.0 Å². The number of pyridine rings is 2. The number of aromatic nitrogens is 2. The lowest BCUT2D eigenvalue weighted by molar-refractivity contribution is -0.122. The Bertz CT molecular complexity index is 1290. The van der Waals surface area contributed by atoms with E-state index >= 15 is 0 Å². The average molecular weight is 511 g/mol. The first-order valence-corrected chi connectivity index (χ1v) is 11.8. The van der Waals surface area contributed by atoms with E-state index in [-0.39, 0.29) is 36.5 Å². The molecule has 1 aliphatic rings. The number of carbonyl (C=O) groups excluding carboxylic acids is 2. The molecule has 1 amide bonds. The minimum atomic E-state index is -3.08. The number of hydrogen-bond acceptors (Lipinski definition) is 7. The molecule has 3 heterocycles. The van der Waals surface area contributed by atoms with Gasteiger partial charge in [0.2, 0.25) is 11.8 Å². The number of amides is 1. The van der Waals surface area contributed by atoms with Crippen LogP contribution < -0.4 is 15.0 Å². The molecule has 0 atom stereocenters. The Balaban J connectivity index is 1.68. The van der Waals surface area contributed by atoms with Gasteiger partial charge in [0, 0.05) is 25.0 Å². The van der Waals surface area contributed by atoms with Gasteiger partial charge in [0.05, 0.1) is 12.7 Å². The molecule has 8 nitrogen and oxygen atoms in total. The molecule has 37 heavy (non-hydrogen) atoms. The fourth-order valence-electron chi connectivity index (χ4n) is 4.50. The predicted octanol–water partition coefficient (Wildman–Crippen LogP) is 4.69. The third kappa shape index (κ3) is 5.23.